The van der Waals surface area contributed by atoms with E-state index >= 15 is 0 Å². The zero-order valence-corrected chi connectivity index (χ0v) is 17.7. The Kier molecular flexibility index (Phi) is 7.41. The predicted molar refractivity (Wildman–Crippen MR) is 119 cm³/mol. The molecule has 0 aliphatic rings. The summed E-state index contributed by atoms with van der Waals surface area (Å²) in [6.07, 6.45) is 2.69. The van der Waals surface area contributed by atoms with Crippen LogP contribution in [0.3, 0.4) is 0 Å². The van der Waals surface area contributed by atoms with Crippen molar-refractivity contribution in [2.75, 3.05) is 27.2 Å². The van der Waals surface area contributed by atoms with Gasteiger partial charge in [0.15, 0.2) is 5.96 Å². The van der Waals surface area contributed by atoms with Crippen LogP contribution in [0, 0.1) is 11.6 Å². The van der Waals surface area contributed by atoms with Gasteiger partial charge in [0.1, 0.15) is 11.6 Å². The van der Waals surface area contributed by atoms with Crippen molar-refractivity contribution < 1.29 is 8.78 Å². The van der Waals surface area contributed by atoms with Gasteiger partial charge in [0, 0.05) is 42.3 Å². The lowest BCUT2D eigenvalue weighted by Gasteiger charge is -2.13. The highest BCUT2D eigenvalue weighted by atomic mass is 19.1. The molecular formula is C23H29F2N5. The zero-order chi connectivity index (χ0) is 21.5. The van der Waals surface area contributed by atoms with Crippen LogP contribution in [0.25, 0.3) is 10.9 Å². The number of aromatic nitrogens is 1. The number of fused-ring (bicyclic) bond motifs is 1. The third kappa shape index (κ3) is 5.79. The molecule has 2 aromatic carbocycles. The quantitative estimate of drug-likeness (QED) is 0.389. The van der Waals surface area contributed by atoms with Crippen molar-refractivity contribution in [2.45, 2.75) is 26.4 Å². The van der Waals surface area contributed by atoms with Crippen LogP contribution in [0.5, 0.6) is 0 Å². The lowest BCUT2D eigenvalue weighted by Crippen LogP contribution is -2.38. The Morgan fingerprint density at radius 2 is 1.90 bits per heavy atom. The number of hydrogen-bond donors (Lipinski definition) is 3. The molecule has 160 valence electrons. The molecule has 0 spiro atoms. The van der Waals surface area contributed by atoms with Crippen LogP contribution < -0.4 is 10.6 Å². The molecule has 7 heteroatoms. The van der Waals surface area contributed by atoms with Gasteiger partial charge in [-0.1, -0.05) is 6.07 Å². The lowest BCUT2D eigenvalue weighted by molar-refractivity contribution is 0.392. The Morgan fingerprint density at radius 1 is 1.07 bits per heavy atom. The Bertz CT molecular complexity index is 1010. The van der Waals surface area contributed by atoms with Crippen molar-refractivity contribution in [1.82, 2.24) is 20.5 Å². The Morgan fingerprint density at radius 3 is 2.67 bits per heavy atom. The molecule has 0 amide bonds. The first-order valence-electron chi connectivity index (χ1n) is 10.2. The normalized spacial score (nSPS) is 12.0. The van der Waals surface area contributed by atoms with E-state index in [1.807, 2.05) is 38.2 Å². The molecule has 0 fully saturated rings. The molecule has 30 heavy (non-hydrogen) atoms. The monoisotopic (exact) mass is 413 g/mol. The fourth-order valence-corrected chi connectivity index (χ4v) is 3.38. The summed E-state index contributed by atoms with van der Waals surface area (Å²) in [6, 6.07) is 9.93. The molecule has 0 saturated carbocycles. The summed E-state index contributed by atoms with van der Waals surface area (Å²) in [5.74, 6) is 0.270. The van der Waals surface area contributed by atoms with E-state index in [2.05, 4.69) is 20.6 Å². The summed E-state index contributed by atoms with van der Waals surface area (Å²) in [4.78, 5) is 9.68. The second kappa shape index (κ2) is 10.2. The topological polar surface area (TPSA) is 55.5 Å². The fraction of sp³-hybridized carbons (Fsp3) is 0.348. The van der Waals surface area contributed by atoms with Crippen molar-refractivity contribution >= 4 is 16.9 Å². The number of guanidine groups is 1. The molecule has 1 aromatic heterocycles. The van der Waals surface area contributed by atoms with Crippen LogP contribution >= 0.6 is 0 Å². The van der Waals surface area contributed by atoms with Crippen molar-refractivity contribution in [1.29, 1.82) is 0 Å². The van der Waals surface area contributed by atoms with Gasteiger partial charge in [0.2, 0.25) is 0 Å². The van der Waals surface area contributed by atoms with Gasteiger partial charge >= 0.3 is 0 Å². The minimum atomic E-state index is -0.245. The molecule has 3 N–H and O–H groups in total. The van der Waals surface area contributed by atoms with Gasteiger partial charge in [-0.25, -0.2) is 13.8 Å². The minimum absolute atomic E-state index is 0.194. The summed E-state index contributed by atoms with van der Waals surface area (Å²) >= 11 is 0. The van der Waals surface area contributed by atoms with Crippen molar-refractivity contribution in [2.24, 2.45) is 4.99 Å². The Hall–Kier alpha value is -2.93. The second-order valence-corrected chi connectivity index (χ2v) is 7.54. The van der Waals surface area contributed by atoms with Crippen molar-refractivity contribution in [3.63, 3.8) is 0 Å². The Balaban J connectivity index is 1.62. The number of benzene rings is 2. The van der Waals surface area contributed by atoms with Crippen LogP contribution in [-0.2, 0) is 19.5 Å². The van der Waals surface area contributed by atoms with Gasteiger partial charge in [-0.2, -0.15) is 0 Å². The largest absolute Gasteiger partial charge is 0.361 e. The average Bonchev–Trinajstić information content (AvgIpc) is 3.10. The summed E-state index contributed by atoms with van der Waals surface area (Å²) in [5, 5.41) is 7.59. The van der Waals surface area contributed by atoms with Crippen molar-refractivity contribution in [3.05, 3.63) is 70.9 Å². The molecule has 0 aliphatic carbocycles. The van der Waals surface area contributed by atoms with E-state index in [4.69, 9.17) is 0 Å². The van der Waals surface area contributed by atoms with Crippen LogP contribution in [-0.4, -0.2) is 43.0 Å². The maximum atomic E-state index is 14.0. The van der Waals surface area contributed by atoms with E-state index in [0.29, 0.717) is 31.2 Å². The lowest BCUT2D eigenvalue weighted by atomic mass is 10.1. The smallest absolute Gasteiger partial charge is 0.191 e. The van der Waals surface area contributed by atoms with Crippen LogP contribution in [0.15, 0.2) is 47.6 Å². The number of halogens is 2. The highest BCUT2D eigenvalue weighted by Gasteiger charge is 2.07. The highest BCUT2D eigenvalue weighted by Crippen LogP contribution is 2.19. The van der Waals surface area contributed by atoms with E-state index in [0.717, 1.165) is 35.0 Å². The Labute approximate surface area is 176 Å². The van der Waals surface area contributed by atoms with Crippen molar-refractivity contribution in [3.8, 4) is 0 Å². The number of rotatable bonds is 8. The van der Waals surface area contributed by atoms with E-state index in [1.165, 1.54) is 18.2 Å². The molecule has 0 bridgehead atoms. The second-order valence-electron chi connectivity index (χ2n) is 7.54. The number of aliphatic imine (C=N–C) groups is 1. The molecule has 0 radical (unpaired) electrons. The molecule has 5 nitrogen and oxygen atoms in total. The predicted octanol–water partition coefficient (Wildman–Crippen LogP) is 3.81. The van der Waals surface area contributed by atoms with E-state index in [9.17, 15) is 8.78 Å². The molecule has 0 saturated heterocycles. The van der Waals surface area contributed by atoms with Gasteiger partial charge in [0.25, 0.3) is 0 Å². The number of hydrogen-bond acceptors (Lipinski definition) is 2. The van der Waals surface area contributed by atoms with Gasteiger partial charge in [-0.3, -0.25) is 0 Å². The maximum Gasteiger partial charge on any atom is 0.191 e. The first kappa shape index (κ1) is 21.8. The summed E-state index contributed by atoms with van der Waals surface area (Å²) in [6.45, 7) is 4.45. The first-order valence-corrected chi connectivity index (χ1v) is 10.2. The standard InChI is InChI=1S/C23H29F2N5/c1-4-26-23(29-13-16-5-8-21(25)18(11-16)15-30(2)3)27-10-9-17-14-28-22-12-19(24)6-7-20(17)22/h5-8,11-12,14,28H,4,9-10,13,15H2,1-3H3,(H2,26,27,29). The van der Waals surface area contributed by atoms with Gasteiger partial charge in [-0.15, -0.1) is 0 Å². The number of aromatic amines is 1. The van der Waals surface area contributed by atoms with E-state index in [1.54, 1.807) is 12.1 Å². The van der Waals surface area contributed by atoms with Gasteiger partial charge < -0.3 is 20.5 Å². The molecular weight excluding hydrogens is 384 g/mol. The molecule has 3 rings (SSSR count). The number of H-pyrrole nitrogens is 1. The third-order valence-corrected chi connectivity index (χ3v) is 4.78. The number of nitrogens with zero attached hydrogens (tertiary/aromatic N) is 2. The van der Waals surface area contributed by atoms with E-state index in [-0.39, 0.29) is 11.6 Å². The van der Waals surface area contributed by atoms with Gasteiger partial charge in [0.05, 0.1) is 6.54 Å². The summed E-state index contributed by atoms with van der Waals surface area (Å²) in [7, 11) is 3.84. The fourth-order valence-electron chi connectivity index (χ4n) is 3.38. The summed E-state index contributed by atoms with van der Waals surface area (Å²) < 4.78 is 27.3. The zero-order valence-electron chi connectivity index (χ0n) is 17.7. The SMILES string of the molecule is CCNC(=NCc1ccc(F)c(CN(C)C)c1)NCCc1c[nH]c2cc(F)ccc12. The van der Waals surface area contributed by atoms with Gasteiger partial charge in [-0.05, 0) is 68.9 Å². The van der Waals surface area contributed by atoms with Crippen LogP contribution in [0.1, 0.15) is 23.6 Å². The average molecular weight is 414 g/mol. The maximum absolute atomic E-state index is 14.0. The van der Waals surface area contributed by atoms with Crippen LogP contribution in [0.4, 0.5) is 8.78 Å². The van der Waals surface area contributed by atoms with E-state index < -0.39 is 0 Å². The summed E-state index contributed by atoms with van der Waals surface area (Å²) in [5.41, 5.74) is 3.56. The number of nitrogens with one attached hydrogen (secondary N) is 3. The molecule has 0 atom stereocenters. The third-order valence-electron chi connectivity index (χ3n) is 4.78. The molecule has 1 heterocycles. The highest BCUT2D eigenvalue weighted by molar-refractivity contribution is 5.83. The van der Waals surface area contributed by atoms with Crippen LogP contribution in [0.2, 0.25) is 0 Å². The first-order chi connectivity index (χ1) is 14.5. The molecule has 0 aliphatic heterocycles. The molecule has 3 aromatic rings. The minimum Gasteiger partial charge on any atom is -0.361 e. The molecule has 0 unspecified atom stereocenters.